The number of fused-ring (bicyclic) bond motifs is 1. The van der Waals surface area contributed by atoms with E-state index in [2.05, 4.69) is 15.9 Å². The average Bonchev–Trinajstić information content (AvgIpc) is 2.51. The largest absolute Gasteiger partial charge is 0.507 e. The summed E-state index contributed by atoms with van der Waals surface area (Å²) in [7, 11) is 0. The van der Waals surface area contributed by atoms with Crippen molar-refractivity contribution in [1.82, 2.24) is 0 Å². The molecule has 0 saturated heterocycles. The second-order valence-corrected chi connectivity index (χ2v) is 4.53. The monoisotopic (exact) mass is 278 g/mol. The Bertz CT molecular complexity index is 481. The highest BCUT2D eigenvalue weighted by Gasteiger charge is 2.18. The van der Waals surface area contributed by atoms with Gasteiger partial charge in [-0.25, -0.2) is 8.78 Å². The maximum Gasteiger partial charge on any atom is 0.266 e. The van der Waals surface area contributed by atoms with Gasteiger partial charge in [0.2, 0.25) is 0 Å². The summed E-state index contributed by atoms with van der Waals surface area (Å²) in [5, 5.41) is 11.6. The number of phenolic OH excluding ortho intramolecular Hbond substituents is 1. The Kier molecular flexibility index (Phi) is 2.45. The van der Waals surface area contributed by atoms with Gasteiger partial charge in [0.05, 0.1) is 0 Å². The van der Waals surface area contributed by atoms with Crippen LogP contribution in [0, 0.1) is 0 Å². The molecule has 0 atom stereocenters. The van der Waals surface area contributed by atoms with Gasteiger partial charge in [0.1, 0.15) is 5.75 Å². The van der Waals surface area contributed by atoms with E-state index in [1.54, 1.807) is 11.4 Å². The first-order chi connectivity index (χ1) is 6.61. The first kappa shape index (κ1) is 9.86. The molecule has 0 spiro atoms. The molecular formula is C9H5BrF2OS. The van der Waals surface area contributed by atoms with Crippen LogP contribution in [0.2, 0.25) is 0 Å². The summed E-state index contributed by atoms with van der Waals surface area (Å²) in [4.78, 5) is 0. The minimum absolute atomic E-state index is 0.0255. The summed E-state index contributed by atoms with van der Waals surface area (Å²) < 4.78 is 26.0. The van der Waals surface area contributed by atoms with Gasteiger partial charge in [-0.2, -0.15) is 0 Å². The van der Waals surface area contributed by atoms with Crippen LogP contribution in [0.4, 0.5) is 8.78 Å². The lowest BCUT2D eigenvalue weighted by atomic mass is 10.1. The van der Waals surface area contributed by atoms with Crippen LogP contribution in [0.5, 0.6) is 5.75 Å². The molecule has 0 saturated carbocycles. The maximum absolute atomic E-state index is 12.7. The summed E-state index contributed by atoms with van der Waals surface area (Å²) in [6.07, 6.45) is -2.54. The van der Waals surface area contributed by atoms with E-state index in [1.807, 2.05) is 0 Å². The lowest BCUT2D eigenvalue weighted by molar-refractivity contribution is 0.152. The Balaban J connectivity index is 2.86. The number of benzene rings is 1. The van der Waals surface area contributed by atoms with Gasteiger partial charge in [0, 0.05) is 20.1 Å². The zero-order valence-corrected chi connectivity index (χ0v) is 9.20. The Labute approximate surface area is 91.1 Å². The van der Waals surface area contributed by atoms with Crippen molar-refractivity contribution in [2.45, 2.75) is 6.43 Å². The number of thiophene rings is 1. The molecular weight excluding hydrogens is 274 g/mol. The fraction of sp³-hybridized carbons (Fsp3) is 0.111. The second-order valence-electron chi connectivity index (χ2n) is 2.76. The van der Waals surface area contributed by atoms with Crippen molar-refractivity contribution in [3.8, 4) is 5.75 Å². The maximum atomic E-state index is 12.7. The predicted octanol–water partition coefficient (Wildman–Crippen LogP) is 4.31. The molecule has 0 radical (unpaired) electrons. The van der Waals surface area contributed by atoms with E-state index in [0.717, 1.165) is 0 Å². The Morgan fingerprint density at radius 3 is 2.79 bits per heavy atom. The fourth-order valence-corrected chi connectivity index (χ4v) is 2.99. The second kappa shape index (κ2) is 3.47. The summed E-state index contributed by atoms with van der Waals surface area (Å²) in [5.41, 5.74) is -0.0483. The van der Waals surface area contributed by atoms with E-state index < -0.39 is 6.43 Å². The Morgan fingerprint density at radius 1 is 1.43 bits per heavy atom. The van der Waals surface area contributed by atoms with Crippen molar-refractivity contribution in [2.24, 2.45) is 0 Å². The third-order valence-corrected chi connectivity index (χ3v) is 3.53. The number of aromatic hydroxyl groups is 1. The van der Waals surface area contributed by atoms with E-state index in [-0.39, 0.29) is 15.8 Å². The van der Waals surface area contributed by atoms with Crippen molar-refractivity contribution < 1.29 is 13.9 Å². The molecule has 2 aromatic rings. The molecule has 14 heavy (non-hydrogen) atoms. The SMILES string of the molecule is Oc1cc(Br)c(C(F)F)c2sccc12. The first-order valence-electron chi connectivity index (χ1n) is 3.78. The van der Waals surface area contributed by atoms with Crippen LogP contribution < -0.4 is 0 Å². The highest BCUT2D eigenvalue weighted by molar-refractivity contribution is 9.10. The minimum Gasteiger partial charge on any atom is -0.507 e. The minimum atomic E-state index is -2.54. The number of rotatable bonds is 1. The highest BCUT2D eigenvalue weighted by atomic mass is 79.9. The number of hydrogen-bond acceptors (Lipinski definition) is 2. The Morgan fingerprint density at radius 2 is 2.14 bits per heavy atom. The van der Waals surface area contributed by atoms with Crippen molar-refractivity contribution in [2.75, 3.05) is 0 Å². The number of alkyl halides is 2. The van der Waals surface area contributed by atoms with Crippen LogP contribution in [0.15, 0.2) is 22.0 Å². The standard InChI is InChI=1S/C9H5BrF2OS/c10-5-3-6(13)4-1-2-14-8(4)7(5)9(11)12/h1-3,9,13H. The lowest BCUT2D eigenvalue weighted by Crippen LogP contribution is -1.86. The van der Waals surface area contributed by atoms with Gasteiger partial charge >= 0.3 is 0 Å². The van der Waals surface area contributed by atoms with Gasteiger partial charge in [-0.05, 0) is 17.5 Å². The van der Waals surface area contributed by atoms with E-state index in [0.29, 0.717) is 10.1 Å². The van der Waals surface area contributed by atoms with Crippen LogP contribution in [0.25, 0.3) is 10.1 Å². The molecule has 1 aromatic carbocycles. The molecule has 2 rings (SSSR count). The molecule has 1 aromatic heterocycles. The molecule has 1 N–H and O–H groups in total. The van der Waals surface area contributed by atoms with Crippen LogP contribution in [0.1, 0.15) is 12.0 Å². The summed E-state index contributed by atoms with van der Waals surface area (Å²) >= 11 is 4.22. The van der Waals surface area contributed by atoms with Gasteiger partial charge in [-0.1, -0.05) is 15.9 Å². The van der Waals surface area contributed by atoms with Crippen LogP contribution in [0.3, 0.4) is 0 Å². The highest BCUT2D eigenvalue weighted by Crippen LogP contribution is 2.41. The van der Waals surface area contributed by atoms with Gasteiger partial charge < -0.3 is 5.11 Å². The van der Waals surface area contributed by atoms with Gasteiger partial charge in [-0.15, -0.1) is 11.3 Å². The van der Waals surface area contributed by atoms with E-state index in [1.165, 1.54) is 17.4 Å². The van der Waals surface area contributed by atoms with E-state index in [4.69, 9.17) is 0 Å². The molecule has 0 unspecified atom stereocenters. The number of halogens is 3. The van der Waals surface area contributed by atoms with E-state index in [9.17, 15) is 13.9 Å². The summed E-state index contributed by atoms with van der Waals surface area (Å²) in [6.45, 7) is 0. The Hall–Kier alpha value is -0.680. The van der Waals surface area contributed by atoms with Crippen LogP contribution >= 0.6 is 27.3 Å². The molecule has 5 heteroatoms. The molecule has 0 aliphatic heterocycles. The van der Waals surface area contributed by atoms with Crippen molar-refractivity contribution in [1.29, 1.82) is 0 Å². The normalized spacial score (nSPS) is 11.4. The zero-order valence-electron chi connectivity index (χ0n) is 6.80. The van der Waals surface area contributed by atoms with Crippen LogP contribution in [-0.4, -0.2) is 5.11 Å². The van der Waals surface area contributed by atoms with Crippen molar-refractivity contribution in [3.05, 3.63) is 27.5 Å². The van der Waals surface area contributed by atoms with Crippen molar-refractivity contribution >= 4 is 37.4 Å². The predicted molar refractivity (Wildman–Crippen MR) is 56.1 cm³/mol. The van der Waals surface area contributed by atoms with Crippen LogP contribution in [-0.2, 0) is 0 Å². The van der Waals surface area contributed by atoms with Gasteiger partial charge in [0.15, 0.2) is 0 Å². The molecule has 1 heterocycles. The zero-order chi connectivity index (χ0) is 10.3. The molecule has 0 bridgehead atoms. The molecule has 0 amide bonds. The quantitative estimate of drug-likeness (QED) is 0.824. The topological polar surface area (TPSA) is 20.2 Å². The molecule has 0 aliphatic carbocycles. The summed E-state index contributed by atoms with van der Waals surface area (Å²) in [5.74, 6) is 0.0255. The average molecular weight is 279 g/mol. The van der Waals surface area contributed by atoms with Gasteiger partial charge in [-0.3, -0.25) is 0 Å². The molecule has 74 valence electrons. The third-order valence-electron chi connectivity index (χ3n) is 1.92. The molecule has 1 nitrogen and oxygen atoms in total. The third kappa shape index (κ3) is 1.40. The number of hydrogen-bond donors (Lipinski definition) is 1. The summed E-state index contributed by atoms with van der Waals surface area (Å²) in [6, 6.07) is 2.93. The van der Waals surface area contributed by atoms with Gasteiger partial charge in [0.25, 0.3) is 6.43 Å². The van der Waals surface area contributed by atoms with Crippen molar-refractivity contribution in [3.63, 3.8) is 0 Å². The smallest absolute Gasteiger partial charge is 0.266 e. The molecule has 0 aliphatic rings. The fourth-order valence-electron chi connectivity index (χ4n) is 1.31. The first-order valence-corrected chi connectivity index (χ1v) is 5.45. The number of phenols is 1. The lowest BCUT2D eigenvalue weighted by Gasteiger charge is -2.06. The molecule has 0 fully saturated rings. The van der Waals surface area contributed by atoms with E-state index >= 15 is 0 Å².